The van der Waals surface area contributed by atoms with Gasteiger partial charge in [0.05, 0.1) is 25.2 Å². The summed E-state index contributed by atoms with van der Waals surface area (Å²) < 4.78 is 0. The maximum atomic E-state index is 8.50. The van der Waals surface area contributed by atoms with Gasteiger partial charge in [-0.1, -0.05) is 0 Å². The van der Waals surface area contributed by atoms with Crippen molar-refractivity contribution in [1.29, 1.82) is 10.5 Å². The van der Waals surface area contributed by atoms with Crippen molar-refractivity contribution < 1.29 is 0 Å². The van der Waals surface area contributed by atoms with Crippen LogP contribution >= 0.6 is 0 Å². The molecule has 64 valence electrons. The zero-order valence-corrected chi connectivity index (χ0v) is 6.95. The lowest BCUT2D eigenvalue weighted by Gasteiger charge is -2.21. The van der Waals surface area contributed by atoms with Gasteiger partial charge in [0.2, 0.25) is 0 Å². The highest BCUT2D eigenvalue weighted by atomic mass is 15.2. The molecule has 1 aliphatic heterocycles. The van der Waals surface area contributed by atoms with Crippen LogP contribution in [-0.4, -0.2) is 37.1 Å². The maximum Gasteiger partial charge on any atom is 0.0877 e. The summed E-state index contributed by atoms with van der Waals surface area (Å²) in [6, 6.07) is 4.53. The van der Waals surface area contributed by atoms with E-state index in [4.69, 9.17) is 10.5 Å². The van der Waals surface area contributed by atoms with Crippen molar-refractivity contribution >= 4 is 0 Å². The third-order valence-corrected chi connectivity index (χ3v) is 2.10. The minimum atomic E-state index is 0.361. The highest BCUT2D eigenvalue weighted by Crippen LogP contribution is 2.06. The summed E-state index contributed by atoms with van der Waals surface area (Å²) in [6.45, 7) is 2.63. The van der Waals surface area contributed by atoms with E-state index < -0.39 is 0 Å². The zero-order chi connectivity index (χ0) is 8.81. The van der Waals surface area contributed by atoms with E-state index >= 15 is 0 Å². The van der Waals surface area contributed by atoms with Crippen molar-refractivity contribution in [3.63, 3.8) is 0 Å². The van der Waals surface area contributed by atoms with E-state index in [9.17, 15) is 0 Å². The lowest BCUT2D eigenvalue weighted by Crippen LogP contribution is -2.37. The monoisotopic (exact) mass is 164 g/mol. The Bertz CT molecular complexity index is 190. The van der Waals surface area contributed by atoms with E-state index in [2.05, 4.69) is 17.5 Å². The van der Waals surface area contributed by atoms with Gasteiger partial charge in [-0.2, -0.15) is 10.5 Å². The number of nitriles is 2. The van der Waals surface area contributed by atoms with Crippen LogP contribution in [0, 0.1) is 22.7 Å². The molecule has 1 rings (SSSR count). The van der Waals surface area contributed by atoms with Crippen molar-refractivity contribution in [2.45, 2.75) is 12.5 Å². The Kier molecular flexibility index (Phi) is 3.53. The molecule has 1 saturated heterocycles. The number of nitrogens with one attached hydrogen (secondary N) is 1. The van der Waals surface area contributed by atoms with Gasteiger partial charge in [-0.05, 0) is 13.0 Å². The first-order chi connectivity index (χ1) is 5.88. The lowest BCUT2D eigenvalue weighted by molar-refractivity contribution is 0.261. The Morgan fingerprint density at radius 1 is 1.33 bits per heavy atom. The summed E-state index contributed by atoms with van der Waals surface area (Å²) in [7, 11) is 0. The molecule has 1 heterocycles. The molecule has 0 saturated carbocycles. The molecule has 0 amide bonds. The molecule has 4 heteroatoms. The number of hydrogen-bond donors (Lipinski definition) is 1. The molecule has 4 nitrogen and oxygen atoms in total. The third kappa shape index (κ3) is 2.20. The number of nitrogens with zero attached hydrogens (tertiary/aromatic N) is 3. The summed E-state index contributed by atoms with van der Waals surface area (Å²) in [5.41, 5.74) is 0. The topological polar surface area (TPSA) is 62.9 Å². The highest BCUT2D eigenvalue weighted by Gasteiger charge is 2.21. The molecule has 0 aromatic carbocycles. The summed E-state index contributed by atoms with van der Waals surface area (Å²) in [5, 5.41) is 20.2. The van der Waals surface area contributed by atoms with Crippen LogP contribution in [0.1, 0.15) is 6.42 Å². The van der Waals surface area contributed by atoms with Crippen molar-refractivity contribution in [3.8, 4) is 12.1 Å². The quantitative estimate of drug-likeness (QED) is 0.581. The lowest BCUT2D eigenvalue weighted by atomic mass is 10.2. The average Bonchev–Trinajstić information content (AvgIpc) is 2.56. The van der Waals surface area contributed by atoms with Crippen LogP contribution in [0.3, 0.4) is 0 Å². The van der Waals surface area contributed by atoms with Crippen molar-refractivity contribution in [2.24, 2.45) is 0 Å². The fraction of sp³-hybridized carbons (Fsp3) is 0.750. The van der Waals surface area contributed by atoms with Gasteiger partial charge in [-0.3, -0.25) is 4.90 Å². The Morgan fingerprint density at radius 3 is 2.42 bits per heavy atom. The molecule has 12 heavy (non-hydrogen) atoms. The van der Waals surface area contributed by atoms with Gasteiger partial charge in [-0.25, -0.2) is 0 Å². The van der Waals surface area contributed by atoms with Crippen LogP contribution in [0.25, 0.3) is 0 Å². The molecule has 0 aromatic heterocycles. The summed E-state index contributed by atoms with van der Waals surface area (Å²) in [6.07, 6.45) is 1.04. The molecule has 1 unspecified atom stereocenters. The molecule has 0 bridgehead atoms. The second-order valence-electron chi connectivity index (χ2n) is 2.87. The zero-order valence-electron chi connectivity index (χ0n) is 6.95. The summed E-state index contributed by atoms with van der Waals surface area (Å²) in [4.78, 5) is 1.92. The minimum absolute atomic E-state index is 0.361. The van der Waals surface area contributed by atoms with Gasteiger partial charge in [0.25, 0.3) is 0 Å². The predicted molar refractivity (Wildman–Crippen MR) is 44.1 cm³/mol. The first-order valence-electron chi connectivity index (χ1n) is 4.07. The molecule has 0 aromatic rings. The summed E-state index contributed by atoms with van der Waals surface area (Å²) in [5.74, 6) is 0. The Morgan fingerprint density at radius 2 is 2.00 bits per heavy atom. The van der Waals surface area contributed by atoms with Crippen LogP contribution in [0.5, 0.6) is 0 Å². The van der Waals surface area contributed by atoms with Gasteiger partial charge < -0.3 is 5.32 Å². The van der Waals surface area contributed by atoms with Crippen LogP contribution in [0.2, 0.25) is 0 Å². The summed E-state index contributed by atoms with van der Waals surface area (Å²) >= 11 is 0. The smallest absolute Gasteiger partial charge is 0.0877 e. The highest BCUT2D eigenvalue weighted by molar-refractivity contribution is 4.90. The molecule has 0 spiro atoms. The van der Waals surface area contributed by atoms with E-state index in [1.165, 1.54) is 0 Å². The predicted octanol–water partition coefficient (Wildman–Crippen LogP) is -0.303. The van der Waals surface area contributed by atoms with Crippen molar-refractivity contribution in [2.75, 3.05) is 26.2 Å². The van der Waals surface area contributed by atoms with E-state index in [1.807, 2.05) is 4.90 Å². The van der Waals surface area contributed by atoms with Crippen LogP contribution in [0.15, 0.2) is 0 Å². The van der Waals surface area contributed by atoms with Gasteiger partial charge in [0.1, 0.15) is 0 Å². The normalized spacial score (nSPS) is 22.1. The molecule has 1 aliphatic rings. The fourth-order valence-corrected chi connectivity index (χ4v) is 1.45. The largest absolute Gasteiger partial charge is 0.315 e. The van der Waals surface area contributed by atoms with Gasteiger partial charge in [0.15, 0.2) is 0 Å². The second kappa shape index (κ2) is 4.71. The fourth-order valence-electron chi connectivity index (χ4n) is 1.45. The molecular formula is C8H12N4. The van der Waals surface area contributed by atoms with E-state index in [1.54, 1.807) is 0 Å². The SMILES string of the molecule is N#CCN(CC#N)C1CCNC1. The van der Waals surface area contributed by atoms with E-state index in [-0.39, 0.29) is 0 Å². The molecule has 1 fully saturated rings. The molecule has 1 atom stereocenters. The Hall–Kier alpha value is -1.10. The standard InChI is InChI=1S/C8H12N4/c9-2-5-12(6-3-10)8-1-4-11-7-8/h8,11H,1,4-7H2. The minimum Gasteiger partial charge on any atom is -0.315 e. The second-order valence-corrected chi connectivity index (χ2v) is 2.87. The van der Waals surface area contributed by atoms with Gasteiger partial charge >= 0.3 is 0 Å². The van der Waals surface area contributed by atoms with Crippen molar-refractivity contribution in [3.05, 3.63) is 0 Å². The molecule has 0 radical (unpaired) electrons. The average molecular weight is 164 g/mol. The van der Waals surface area contributed by atoms with Crippen LogP contribution < -0.4 is 5.32 Å². The van der Waals surface area contributed by atoms with Gasteiger partial charge in [0, 0.05) is 12.6 Å². The van der Waals surface area contributed by atoms with Crippen molar-refractivity contribution in [1.82, 2.24) is 10.2 Å². The first-order valence-corrected chi connectivity index (χ1v) is 4.07. The molecule has 0 aliphatic carbocycles. The Labute approximate surface area is 72.4 Å². The number of rotatable bonds is 3. The molecular weight excluding hydrogens is 152 g/mol. The van der Waals surface area contributed by atoms with Crippen LogP contribution in [0.4, 0.5) is 0 Å². The van der Waals surface area contributed by atoms with Gasteiger partial charge in [-0.15, -0.1) is 0 Å². The van der Waals surface area contributed by atoms with E-state index in [0.29, 0.717) is 19.1 Å². The number of hydrogen-bond acceptors (Lipinski definition) is 4. The Balaban J connectivity index is 2.42. The van der Waals surface area contributed by atoms with Crippen LogP contribution in [-0.2, 0) is 0 Å². The van der Waals surface area contributed by atoms with E-state index in [0.717, 1.165) is 19.5 Å². The first kappa shape index (κ1) is 8.99. The third-order valence-electron chi connectivity index (χ3n) is 2.10. The molecule has 1 N–H and O–H groups in total. The maximum absolute atomic E-state index is 8.50.